The van der Waals surface area contributed by atoms with E-state index in [2.05, 4.69) is 0 Å². The lowest BCUT2D eigenvalue weighted by Gasteiger charge is -2.21. The summed E-state index contributed by atoms with van der Waals surface area (Å²) in [4.78, 5) is 0.938. The smallest absolute Gasteiger partial charge is 0.153 e. The first-order valence-electron chi connectivity index (χ1n) is 9.66. The maximum atomic E-state index is 13.5. The van der Waals surface area contributed by atoms with E-state index in [9.17, 15) is 4.39 Å². The normalized spacial score (nSPS) is 11.5. The first-order chi connectivity index (χ1) is 14.3. The van der Waals surface area contributed by atoms with E-state index in [0.29, 0.717) is 5.75 Å². The molecule has 4 aromatic rings. The number of hydrogen-bond donors (Lipinski definition) is 0. The van der Waals surface area contributed by atoms with Crippen molar-refractivity contribution < 1.29 is 18.6 Å². The maximum absolute atomic E-state index is 13.5. The van der Waals surface area contributed by atoms with Gasteiger partial charge in [0.05, 0.1) is 12.0 Å². The van der Waals surface area contributed by atoms with Crippen molar-refractivity contribution >= 4 is 21.4 Å². The molecule has 154 valence electrons. The van der Waals surface area contributed by atoms with Crippen LogP contribution in [0.3, 0.4) is 0 Å². The van der Waals surface area contributed by atoms with Gasteiger partial charge in [-0.15, -0.1) is 11.3 Å². The molecule has 0 saturated heterocycles. The molecular formula is C25H23FO3S. The Morgan fingerprint density at radius 2 is 1.43 bits per heavy atom. The number of benzene rings is 3. The van der Waals surface area contributed by atoms with Gasteiger partial charge in [0.15, 0.2) is 5.75 Å². The molecular weight excluding hydrogens is 399 g/mol. The van der Waals surface area contributed by atoms with Crippen molar-refractivity contribution in [3.05, 3.63) is 72.5 Å². The first kappa shape index (κ1) is 20.2. The van der Waals surface area contributed by atoms with Crippen molar-refractivity contribution in [1.82, 2.24) is 0 Å². The number of methoxy groups -OCH3 is 1. The Kier molecular flexibility index (Phi) is 5.39. The minimum atomic E-state index is -0.265. The molecule has 5 heteroatoms. The van der Waals surface area contributed by atoms with Crippen molar-refractivity contribution in [3.8, 4) is 33.4 Å². The molecule has 0 aliphatic heterocycles. The minimum absolute atomic E-state index is 0.263. The van der Waals surface area contributed by atoms with Gasteiger partial charge in [-0.2, -0.15) is 0 Å². The lowest BCUT2D eigenvalue weighted by atomic mass is 10.1. The van der Waals surface area contributed by atoms with E-state index >= 15 is 0 Å². The van der Waals surface area contributed by atoms with Gasteiger partial charge in [0.25, 0.3) is 0 Å². The van der Waals surface area contributed by atoms with Crippen LogP contribution in [0.15, 0.2) is 66.7 Å². The molecule has 0 fully saturated rings. The van der Waals surface area contributed by atoms with Gasteiger partial charge in [-0.05, 0) is 80.9 Å². The Hall–Kier alpha value is -3.05. The second kappa shape index (κ2) is 8.00. The van der Waals surface area contributed by atoms with Crippen LogP contribution in [0, 0.1) is 5.82 Å². The summed E-state index contributed by atoms with van der Waals surface area (Å²) in [5.74, 6) is 2.75. The number of halogens is 1. The molecule has 0 radical (unpaired) electrons. The highest BCUT2D eigenvalue weighted by Gasteiger charge is 2.18. The van der Waals surface area contributed by atoms with Gasteiger partial charge in [0.2, 0.25) is 0 Å². The van der Waals surface area contributed by atoms with Crippen LogP contribution in [0.2, 0.25) is 0 Å². The lowest BCUT2D eigenvalue weighted by molar-refractivity contribution is 0.131. The lowest BCUT2D eigenvalue weighted by Crippen LogP contribution is -2.22. The number of fused-ring (bicyclic) bond motifs is 1. The van der Waals surface area contributed by atoms with Crippen LogP contribution in [0.1, 0.15) is 20.8 Å². The van der Waals surface area contributed by atoms with Crippen LogP contribution in [0.5, 0.6) is 23.0 Å². The van der Waals surface area contributed by atoms with E-state index in [4.69, 9.17) is 14.2 Å². The van der Waals surface area contributed by atoms with E-state index in [1.165, 1.54) is 12.1 Å². The molecule has 3 aromatic carbocycles. The molecule has 3 nitrogen and oxygen atoms in total. The predicted molar refractivity (Wildman–Crippen MR) is 121 cm³/mol. The standard InChI is InChI=1S/C25H23FO3S/c1-25(2,3)29-19-11-9-18(10-12-19)28-23-21-14-13-20(27-4)15-22(21)30-24(23)16-5-7-17(26)8-6-16/h5-15H,1-4H3. The van der Waals surface area contributed by atoms with E-state index in [-0.39, 0.29) is 11.4 Å². The van der Waals surface area contributed by atoms with Gasteiger partial charge in [-0.25, -0.2) is 4.39 Å². The number of rotatable bonds is 5. The molecule has 4 rings (SSSR count). The third-order valence-corrected chi connectivity index (χ3v) is 5.61. The quantitative estimate of drug-likeness (QED) is 0.330. The third-order valence-electron chi connectivity index (χ3n) is 4.43. The van der Waals surface area contributed by atoms with Gasteiger partial charge in [-0.1, -0.05) is 12.1 Å². The number of ether oxygens (including phenoxy) is 3. The van der Waals surface area contributed by atoms with Gasteiger partial charge >= 0.3 is 0 Å². The molecule has 0 saturated carbocycles. The highest BCUT2D eigenvalue weighted by Crippen LogP contribution is 2.47. The molecule has 1 aromatic heterocycles. The summed E-state index contributed by atoms with van der Waals surface area (Å²) in [6, 6.07) is 19.9. The SMILES string of the molecule is COc1ccc2c(Oc3ccc(OC(C)(C)C)cc3)c(-c3ccc(F)cc3)sc2c1. The molecule has 0 atom stereocenters. The van der Waals surface area contributed by atoms with Crippen molar-refractivity contribution in [1.29, 1.82) is 0 Å². The predicted octanol–water partition coefficient (Wildman–Crippen LogP) is 7.69. The summed E-state index contributed by atoms with van der Waals surface area (Å²) < 4.78 is 32.1. The molecule has 0 spiro atoms. The fourth-order valence-electron chi connectivity index (χ4n) is 3.12. The molecule has 30 heavy (non-hydrogen) atoms. The maximum Gasteiger partial charge on any atom is 0.153 e. The zero-order chi connectivity index (χ0) is 21.3. The molecule has 0 bridgehead atoms. The Morgan fingerprint density at radius 1 is 0.800 bits per heavy atom. The summed E-state index contributed by atoms with van der Waals surface area (Å²) in [6.45, 7) is 6.04. The second-order valence-corrected chi connectivity index (χ2v) is 8.97. The van der Waals surface area contributed by atoms with Gasteiger partial charge in [-0.3, -0.25) is 0 Å². The Labute approximate surface area is 179 Å². The summed E-state index contributed by atoms with van der Waals surface area (Å²) in [7, 11) is 1.65. The molecule has 1 heterocycles. The summed E-state index contributed by atoms with van der Waals surface area (Å²) in [5, 5.41) is 0.982. The van der Waals surface area contributed by atoms with Gasteiger partial charge in [0.1, 0.15) is 28.7 Å². The van der Waals surface area contributed by atoms with Crippen LogP contribution in [0.4, 0.5) is 4.39 Å². The average molecular weight is 423 g/mol. The van der Waals surface area contributed by atoms with Crippen molar-refractivity contribution in [2.45, 2.75) is 26.4 Å². The topological polar surface area (TPSA) is 27.7 Å². The fraction of sp³-hybridized carbons (Fsp3) is 0.200. The summed E-state index contributed by atoms with van der Waals surface area (Å²) in [5.41, 5.74) is 0.639. The van der Waals surface area contributed by atoms with Gasteiger partial charge < -0.3 is 14.2 Å². The highest BCUT2D eigenvalue weighted by molar-refractivity contribution is 7.22. The largest absolute Gasteiger partial charge is 0.497 e. The van der Waals surface area contributed by atoms with E-state index in [1.807, 2.05) is 63.2 Å². The minimum Gasteiger partial charge on any atom is -0.497 e. The highest BCUT2D eigenvalue weighted by atomic mass is 32.1. The van der Waals surface area contributed by atoms with E-state index < -0.39 is 0 Å². The second-order valence-electron chi connectivity index (χ2n) is 7.92. The van der Waals surface area contributed by atoms with Crippen molar-refractivity contribution in [2.24, 2.45) is 0 Å². The van der Waals surface area contributed by atoms with Crippen LogP contribution in [-0.2, 0) is 0 Å². The number of hydrogen-bond acceptors (Lipinski definition) is 4. The van der Waals surface area contributed by atoms with Crippen LogP contribution >= 0.6 is 11.3 Å². The van der Waals surface area contributed by atoms with Crippen molar-refractivity contribution in [3.63, 3.8) is 0 Å². The van der Waals surface area contributed by atoms with Crippen LogP contribution in [-0.4, -0.2) is 12.7 Å². The third kappa shape index (κ3) is 4.41. The molecule has 0 N–H and O–H groups in total. The van der Waals surface area contributed by atoms with E-state index in [0.717, 1.165) is 37.8 Å². The van der Waals surface area contributed by atoms with Crippen molar-refractivity contribution in [2.75, 3.05) is 7.11 Å². The molecule has 0 aliphatic carbocycles. The Balaban J connectivity index is 1.74. The Bertz CT molecular complexity index is 1160. The van der Waals surface area contributed by atoms with Crippen LogP contribution in [0.25, 0.3) is 20.5 Å². The average Bonchev–Trinajstić information content (AvgIpc) is 3.06. The number of thiophene rings is 1. The van der Waals surface area contributed by atoms with Crippen LogP contribution < -0.4 is 14.2 Å². The van der Waals surface area contributed by atoms with E-state index in [1.54, 1.807) is 30.6 Å². The molecule has 0 unspecified atom stereocenters. The van der Waals surface area contributed by atoms with Gasteiger partial charge in [0, 0.05) is 10.1 Å². The zero-order valence-electron chi connectivity index (χ0n) is 17.4. The zero-order valence-corrected chi connectivity index (χ0v) is 18.2. The summed E-state index contributed by atoms with van der Waals surface area (Å²) in [6.07, 6.45) is 0. The molecule has 0 aliphatic rings. The Morgan fingerprint density at radius 3 is 2.07 bits per heavy atom. The monoisotopic (exact) mass is 422 g/mol. The first-order valence-corrected chi connectivity index (χ1v) is 10.5. The summed E-state index contributed by atoms with van der Waals surface area (Å²) >= 11 is 1.59. The fourth-order valence-corrected chi connectivity index (χ4v) is 4.28. The molecule has 0 amide bonds.